The standard InChI is InChI=1S/C19H13NOS/c21-19-16(9-17-11-20-12-22-17)8-15-7-6-14(10-18(15)19)13-4-2-1-3-5-13/h1-7,9-12H,8H2/b16-9+. The lowest BCUT2D eigenvalue weighted by Crippen LogP contribution is -1.95. The quantitative estimate of drug-likeness (QED) is 0.646. The summed E-state index contributed by atoms with van der Waals surface area (Å²) in [6.45, 7) is 0. The summed E-state index contributed by atoms with van der Waals surface area (Å²) in [5.41, 5.74) is 6.80. The average Bonchev–Trinajstić information content (AvgIpc) is 3.17. The van der Waals surface area contributed by atoms with Crippen LogP contribution in [0.1, 0.15) is 20.8 Å². The summed E-state index contributed by atoms with van der Waals surface area (Å²) >= 11 is 1.55. The second-order valence-corrected chi connectivity index (χ2v) is 6.24. The number of nitrogens with zero attached hydrogens (tertiary/aromatic N) is 1. The van der Waals surface area contributed by atoms with Crippen molar-refractivity contribution in [2.45, 2.75) is 6.42 Å². The number of Topliss-reactive ketones (excluding diaryl/α,β-unsaturated/α-hetero) is 1. The largest absolute Gasteiger partial charge is 0.289 e. The van der Waals surface area contributed by atoms with E-state index in [2.05, 4.69) is 29.2 Å². The molecule has 4 rings (SSSR count). The van der Waals surface area contributed by atoms with Crippen molar-refractivity contribution in [2.24, 2.45) is 0 Å². The number of carbonyl (C=O) groups excluding carboxylic acids is 1. The molecule has 0 unspecified atom stereocenters. The third kappa shape index (κ3) is 2.30. The maximum Gasteiger partial charge on any atom is 0.189 e. The van der Waals surface area contributed by atoms with E-state index in [9.17, 15) is 4.79 Å². The Hall–Kier alpha value is -2.52. The first-order valence-corrected chi connectivity index (χ1v) is 8.01. The Balaban J connectivity index is 1.73. The van der Waals surface area contributed by atoms with Crippen LogP contribution in [0.4, 0.5) is 0 Å². The fraction of sp³-hybridized carbons (Fsp3) is 0.0526. The van der Waals surface area contributed by atoms with Crippen molar-refractivity contribution in [3.63, 3.8) is 0 Å². The summed E-state index contributed by atoms with van der Waals surface area (Å²) in [5.74, 6) is 0.140. The molecule has 3 aromatic rings. The van der Waals surface area contributed by atoms with Gasteiger partial charge in [-0.05, 0) is 28.8 Å². The van der Waals surface area contributed by atoms with E-state index in [4.69, 9.17) is 0 Å². The molecule has 2 nitrogen and oxygen atoms in total. The molecule has 0 N–H and O–H groups in total. The molecule has 0 saturated carbocycles. The third-order valence-corrected chi connectivity index (χ3v) is 4.62. The molecule has 1 aliphatic carbocycles. The van der Waals surface area contributed by atoms with E-state index in [1.165, 1.54) is 0 Å². The lowest BCUT2D eigenvalue weighted by atomic mass is 10.0. The van der Waals surface area contributed by atoms with Crippen LogP contribution >= 0.6 is 11.3 Å². The van der Waals surface area contributed by atoms with Gasteiger partial charge in [0.2, 0.25) is 0 Å². The van der Waals surface area contributed by atoms with Crippen LogP contribution in [0.3, 0.4) is 0 Å². The SMILES string of the molecule is O=C1/C(=C/c2cncs2)Cc2ccc(-c3ccccc3)cc21. The third-order valence-electron chi connectivity index (χ3n) is 3.90. The average molecular weight is 303 g/mol. The Kier molecular flexibility index (Phi) is 3.20. The van der Waals surface area contributed by atoms with Crippen LogP contribution in [0.2, 0.25) is 0 Å². The highest BCUT2D eigenvalue weighted by Gasteiger charge is 2.25. The van der Waals surface area contributed by atoms with Gasteiger partial charge in [-0.2, -0.15) is 0 Å². The first kappa shape index (κ1) is 13.2. The van der Waals surface area contributed by atoms with E-state index in [1.54, 1.807) is 23.0 Å². The van der Waals surface area contributed by atoms with Gasteiger partial charge in [-0.3, -0.25) is 9.78 Å². The minimum absolute atomic E-state index is 0.140. The number of fused-ring (bicyclic) bond motifs is 1. The second-order valence-electron chi connectivity index (χ2n) is 5.32. The highest BCUT2D eigenvalue weighted by molar-refractivity contribution is 7.10. The molecule has 1 aliphatic rings. The molecule has 1 aromatic heterocycles. The van der Waals surface area contributed by atoms with Gasteiger partial charge < -0.3 is 0 Å². The first-order valence-electron chi connectivity index (χ1n) is 7.13. The van der Waals surface area contributed by atoms with E-state index < -0.39 is 0 Å². The molecule has 0 bridgehead atoms. The van der Waals surface area contributed by atoms with Gasteiger partial charge in [0, 0.05) is 28.6 Å². The van der Waals surface area contributed by atoms with E-state index >= 15 is 0 Å². The van der Waals surface area contributed by atoms with Crippen LogP contribution in [0.15, 0.2) is 65.8 Å². The Morgan fingerprint density at radius 2 is 1.91 bits per heavy atom. The Morgan fingerprint density at radius 3 is 2.68 bits per heavy atom. The molecular weight excluding hydrogens is 290 g/mol. The molecule has 3 heteroatoms. The van der Waals surface area contributed by atoms with E-state index in [0.717, 1.165) is 32.7 Å². The van der Waals surface area contributed by atoms with Crippen molar-refractivity contribution in [3.8, 4) is 11.1 Å². The van der Waals surface area contributed by atoms with Crippen molar-refractivity contribution in [1.82, 2.24) is 4.98 Å². The number of rotatable bonds is 2. The van der Waals surface area contributed by atoms with Gasteiger partial charge in [-0.1, -0.05) is 42.5 Å². The summed E-state index contributed by atoms with van der Waals surface area (Å²) in [5, 5.41) is 0. The number of allylic oxidation sites excluding steroid dienone is 1. The monoisotopic (exact) mass is 303 g/mol. The zero-order valence-electron chi connectivity index (χ0n) is 11.8. The minimum Gasteiger partial charge on any atom is -0.289 e. The van der Waals surface area contributed by atoms with Gasteiger partial charge >= 0.3 is 0 Å². The summed E-state index contributed by atoms with van der Waals surface area (Å²) < 4.78 is 0. The predicted molar refractivity (Wildman–Crippen MR) is 90.0 cm³/mol. The van der Waals surface area contributed by atoms with Crippen LogP contribution in [-0.2, 0) is 6.42 Å². The molecule has 0 fully saturated rings. The molecule has 0 spiro atoms. The number of hydrogen-bond acceptors (Lipinski definition) is 3. The first-order chi connectivity index (χ1) is 10.8. The zero-order chi connectivity index (χ0) is 14.9. The molecule has 0 saturated heterocycles. The number of benzene rings is 2. The fourth-order valence-corrected chi connectivity index (χ4v) is 3.37. The van der Waals surface area contributed by atoms with E-state index in [1.807, 2.05) is 30.3 Å². The molecule has 22 heavy (non-hydrogen) atoms. The summed E-state index contributed by atoms with van der Waals surface area (Å²) in [6, 6.07) is 16.3. The number of carbonyl (C=O) groups is 1. The van der Waals surface area contributed by atoms with Crippen LogP contribution in [0, 0.1) is 0 Å². The molecular formula is C19H13NOS. The van der Waals surface area contributed by atoms with Crippen molar-refractivity contribution in [2.75, 3.05) is 0 Å². The number of hydrogen-bond donors (Lipinski definition) is 0. The summed E-state index contributed by atoms with van der Waals surface area (Å²) in [7, 11) is 0. The van der Waals surface area contributed by atoms with Gasteiger partial charge in [0.1, 0.15) is 0 Å². The molecule has 106 valence electrons. The maximum atomic E-state index is 12.6. The summed E-state index contributed by atoms with van der Waals surface area (Å²) in [4.78, 5) is 17.7. The van der Waals surface area contributed by atoms with E-state index in [0.29, 0.717) is 6.42 Å². The van der Waals surface area contributed by atoms with Gasteiger partial charge in [0.25, 0.3) is 0 Å². The van der Waals surface area contributed by atoms with Gasteiger partial charge in [0.05, 0.1) is 5.51 Å². The van der Waals surface area contributed by atoms with Gasteiger partial charge in [-0.15, -0.1) is 11.3 Å². The van der Waals surface area contributed by atoms with Crippen LogP contribution in [0.5, 0.6) is 0 Å². The Labute approximate surface area is 132 Å². The van der Waals surface area contributed by atoms with Crippen LogP contribution in [-0.4, -0.2) is 10.8 Å². The van der Waals surface area contributed by atoms with Crippen molar-refractivity contribution in [1.29, 1.82) is 0 Å². The maximum absolute atomic E-state index is 12.6. The Bertz CT molecular complexity index is 864. The molecule has 1 heterocycles. The smallest absolute Gasteiger partial charge is 0.189 e. The number of aromatic nitrogens is 1. The Morgan fingerprint density at radius 1 is 1.05 bits per heavy atom. The van der Waals surface area contributed by atoms with Gasteiger partial charge in [0.15, 0.2) is 5.78 Å². The minimum atomic E-state index is 0.140. The number of ketones is 1. The molecule has 0 aliphatic heterocycles. The lowest BCUT2D eigenvalue weighted by molar-refractivity contribution is 0.104. The van der Waals surface area contributed by atoms with Crippen molar-refractivity contribution >= 4 is 23.2 Å². The second kappa shape index (κ2) is 5.35. The van der Waals surface area contributed by atoms with Crippen molar-refractivity contribution in [3.05, 3.63) is 81.8 Å². The normalized spacial score (nSPS) is 15.3. The summed E-state index contributed by atoms with van der Waals surface area (Å²) in [6.07, 6.45) is 4.46. The molecule has 2 aromatic carbocycles. The molecule has 0 amide bonds. The number of thiazole rings is 1. The highest BCUT2D eigenvalue weighted by Crippen LogP contribution is 2.32. The highest BCUT2D eigenvalue weighted by atomic mass is 32.1. The van der Waals surface area contributed by atoms with Crippen LogP contribution < -0.4 is 0 Å². The molecule has 0 radical (unpaired) electrons. The van der Waals surface area contributed by atoms with E-state index in [-0.39, 0.29) is 5.78 Å². The molecule has 0 atom stereocenters. The fourth-order valence-electron chi connectivity index (χ4n) is 2.80. The topological polar surface area (TPSA) is 30.0 Å². The van der Waals surface area contributed by atoms with Gasteiger partial charge in [-0.25, -0.2) is 0 Å². The lowest BCUT2D eigenvalue weighted by Gasteiger charge is -2.03. The predicted octanol–water partition coefficient (Wildman–Crippen LogP) is 4.63. The van der Waals surface area contributed by atoms with Crippen LogP contribution in [0.25, 0.3) is 17.2 Å². The van der Waals surface area contributed by atoms with Crippen molar-refractivity contribution < 1.29 is 4.79 Å². The zero-order valence-corrected chi connectivity index (χ0v) is 12.6.